The van der Waals surface area contributed by atoms with Crippen molar-refractivity contribution >= 4 is 11.9 Å². The number of hydrogen-bond donors (Lipinski definition) is 4. The second kappa shape index (κ2) is 8.89. The molecule has 1 unspecified atom stereocenters. The number of carboxylic acids is 1. The SMILES string of the molecule is CCCC(C)C(=O)O[C@H](C)[C@@H](C)[C@](N)(Cc1ccc(O)c(O)c1)C(=O)O. The number of phenolic OH excluding ortho intramolecular Hbond substituents is 2. The second-order valence-electron chi connectivity index (χ2n) is 6.97. The van der Waals surface area contributed by atoms with Crippen LogP contribution in [-0.4, -0.2) is 38.9 Å². The van der Waals surface area contributed by atoms with Gasteiger partial charge in [-0.3, -0.25) is 9.59 Å². The standard InChI is InChI=1S/C19H29NO6/c1-5-6-11(2)17(23)26-13(4)12(3)19(20,18(24)25)10-14-7-8-15(21)16(22)9-14/h7-9,11-13,21-22H,5-6,10,20H2,1-4H3,(H,24,25)/t11?,12-,13-,19-/m1/s1. The Hall–Kier alpha value is -2.28. The van der Waals surface area contributed by atoms with E-state index in [9.17, 15) is 24.9 Å². The minimum atomic E-state index is -1.71. The first-order valence-electron chi connectivity index (χ1n) is 8.76. The van der Waals surface area contributed by atoms with E-state index in [1.54, 1.807) is 20.8 Å². The highest BCUT2D eigenvalue weighted by atomic mass is 16.5. The average molecular weight is 367 g/mol. The number of benzene rings is 1. The van der Waals surface area contributed by atoms with Crippen molar-refractivity contribution in [3.63, 3.8) is 0 Å². The van der Waals surface area contributed by atoms with Crippen LogP contribution in [0.15, 0.2) is 18.2 Å². The minimum Gasteiger partial charge on any atom is -0.504 e. The zero-order chi connectivity index (χ0) is 20.1. The van der Waals surface area contributed by atoms with Gasteiger partial charge in [0.2, 0.25) is 0 Å². The highest BCUT2D eigenvalue weighted by Crippen LogP contribution is 2.30. The van der Waals surface area contributed by atoms with Crippen molar-refractivity contribution in [2.75, 3.05) is 0 Å². The maximum atomic E-state index is 12.1. The number of nitrogens with two attached hydrogens (primary N) is 1. The summed E-state index contributed by atoms with van der Waals surface area (Å²) < 4.78 is 5.43. The lowest BCUT2D eigenvalue weighted by Gasteiger charge is -2.35. The van der Waals surface area contributed by atoms with Gasteiger partial charge in [-0.25, -0.2) is 0 Å². The van der Waals surface area contributed by atoms with Crippen LogP contribution in [0, 0.1) is 11.8 Å². The lowest BCUT2D eigenvalue weighted by molar-refractivity contribution is -0.161. The molecule has 0 aliphatic heterocycles. The van der Waals surface area contributed by atoms with E-state index in [1.807, 2.05) is 6.92 Å². The molecule has 0 saturated carbocycles. The second-order valence-corrected chi connectivity index (χ2v) is 6.97. The fraction of sp³-hybridized carbons (Fsp3) is 0.579. The first-order chi connectivity index (χ1) is 12.0. The summed E-state index contributed by atoms with van der Waals surface area (Å²) in [6, 6.07) is 4.03. The van der Waals surface area contributed by atoms with Gasteiger partial charge in [0.15, 0.2) is 11.5 Å². The molecule has 0 aromatic heterocycles. The summed E-state index contributed by atoms with van der Waals surface area (Å²) in [7, 11) is 0. The van der Waals surface area contributed by atoms with Crippen molar-refractivity contribution in [1.82, 2.24) is 0 Å². The van der Waals surface area contributed by atoms with Crippen molar-refractivity contribution in [3.05, 3.63) is 23.8 Å². The van der Waals surface area contributed by atoms with Gasteiger partial charge in [-0.2, -0.15) is 0 Å². The summed E-state index contributed by atoms with van der Waals surface area (Å²) in [5, 5.41) is 28.7. The Morgan fingerprint density at radius 2 is 1.81 bits per heavy atom. The van der Waals surface area contributed by atoms with E-state index < -0.39 is 23.5 Å². The Bertz CT molecular complexity index is 647. The third kappa shape index (κ3) is 5.11. The summed E-state index contributed by atoms with van der Waals surface area (Å²) >= 11 is 0. The highest BCUT2D eigenvalue weighted by molar-refractivity contribution is 5.80. The van der Waals surface area contributed by atoms with Gasteiger partial charge in [-0.05, 0) is 31.0 Å². The van der Waals surface area contributed by atoms with Crippen molar-refractivity contribution in [3.8, 4) is 11.5 Å². The molecule has 146 valence electrons. The van der Waals surface area contributed by atoms with E-state index >= 15 is 0 Å². The molecule has 1 aromatic carbocycles. The van der Waals surface area contributed by atoms with E-state index in [1.165, 1.54) is 18.2 Å². The number of ether oxygens (including phenoxy) is 1. The predicted octanol–water partition coefficient (Wildman–Crippen LogP) is 2.43. The molecule has 7 heteroatoms. The zero-order valence-corrected chi connectivity index (χ0v) is 15.7. The Morgan fingerprint density at radius 3 is 2.31 bits per heavy atom. The smallest absolute Gasteiger partial charge is 0.324 e. The van der Waals surface area contributed by atoms with Crippen LogP contribution in [0.25, 0.3) is 0 Å². The number of rotatable bonds is 9. The number of carbonyl (C=O) groups is 2. The molecule has 5 N–H and O–H groups in total. The number of esters is 1. The van der Waals surface area contributed by atoms with Crippen LogP contribution < -0.4 is 5.73 Å². The fourth-order valence-electron chi connectivity index (χ4n) is 2.82. The molecule has 0 aliphatic carbocycles. The quantitative estimate of drug-likeness (QED) is 0.389. The number of carboxylic acid groups (broad SMARTS) is 1. The minimum absolute atomic E-state index is 0.0935. The van der Waals surface area contributed by atoms with Gasteiger partial charge in [-0.15, -0.1) is 0 Å². The number of carbonyl (C=O) groups excluding carboxylic acids is 1. The molecule has 0 bridgehead atoms. The Balaban J connectivity index is 2.96. The number of hydrogen-bond acceptors (Lipinski definition) is 6. The van der Waals surface area contributed by atoms with Gasteiger partial charge < -0.3 is 25.8 Å². The maximum absolute atomic E-state index is 12.1. The number of aliphatic carboxylic acids is 1. The molecule has 1 aromatic rings. The molecule has 26 heavy (non-hydrogen) atoms. The van der Waals surface area contributed by atoms with Gasteiger partial charge >= 0.3 is 11.9 Å². The molecule has 0 spiro atoms. The van der Waals surface area contributed by atoms with E-state index in [0.717, 1.165) is 6.42 Å². The van der Waals surface area contributed by atoms with Gasteiger partial charge in [0, 0.05) is 12.3 Å². The van der Waals surface area contributed by atoms with Gasteiger partial charge in [0.1, 0.15) is 11.6 Å². The van der Waals surface area contributed by atoms with Crippen LogP contribution in [-0.2, 0) is 20.7 Å². The molecule has 7 nitrogen and oxygen atoms in total. The van der Waals surface area contributed by atoms with E-state index in [-0.39, 0.29) is 29.8 Å². The average Bonchev–Trinajstić information content (AvgIpc) is 2.57. The molecular weight excluding hydrogens is 338 g/mol. The van der Waals surface area contributed by atoms with Crippen molar-refractivity contribution in [2.24, 2.45) is 17.6 Å². The molecule has 0 saturated heterocycles. The van der Waals surface area contributed by atoms with Gasteiger partial charge in [0.25, 0.3) is 0 Å². The summed E-state index contributed by atoms with van der Waals surface area (Å²) in [6.07, 6.45) is 0.748. The van der Waals surface area contributed by atoms with Crippen LogP contribution in [0.4, 0.5) is 0 Å². The van der Waals surface area contributed by atoms with Crippen LogP contribution in [0.2, 0.25) is 0 Å². The van der Waals surface area contributed by atoms with Crippen molar-refractivity contribution in [2.45, 2.75) is 58.6 Å². The Morgan fingerprint density at radius 1 is 1.19 bits per heavy atom. The molecule has 0 radical (unpaired) electrons. The highest BCUT2D eigenvalue weighted by Gasteiger charge is 2.44. The third-order valence-corrected chi connectivity index (χ3v) is 4.88. The lowest BCUT2D eigenvalue weighted by atomic mass is 9.78. The Kier molecular flexibility index (Phi) is 7.44. The predicted molar refractivity (Wildman–Crippen MR) is 96.8 cm³/mol. The summed E-state index contributed by atoms with van der Waals surface area (Å²) in [5.41, 5.74) is 4.92. The van der Waals surface area contributed by atoms with Gasteiger partial charge in [0.05, 0.1) is 5.92 Å². The van der Waals surface area contributed by atoms with E-state index in [4.69, 9.17) is 10.5 Å². The molecule has 0 aliphatic rings. The Labute approximate surface area is 153 Å². The molecule has 0 heterocycles. The maximum Gasteiger partial charge on any atom is 0.324 e. The first-order valence-corrected chi connectivity index (χ1v) is 8.76. The number of aromatic hydroxyl groups is 2. The van der Waals surface area contributed by atoms with Crippen molar-refractivity contribution < 1.29 is 29.6 Å². The molecule has 0 fully saturated rings. The normalized spacial score (nSPS) is 17.0. The third-order valence-electron chi connectivity index (χ3n) is 4.88. The monoisotopic (exact) mass is 367 g/mol. The first kappa shape index (κ1) is 21.8. The topological polar surface area (TPSA) is 130 Å². The molecule has 1 rings (SSSR count). The van der Waals surface area contributed by atoms with E-state index in [2.05, 4.69) is 0 Å². The summed E-state index contributed by atoms with van der Waals surface area (Å²) in [5.74, 6) is -3.21. The van der Waals surface area contributed by atoms with Gasteiger partial charge in [-0.1, -0.05) is 33.3 Å². The zero-order valence-electron chi connectivity index (χ0n) is 15.7. The lowest BCUT2D eigenvalue weighted by Crippen LogP contribution is -2.58. The fourth-order valence-corrected chi connectivity index (χ4v) is 2.82. The molecular formula is C19H29NO6. The van der Waals surface area contributed by atoms with Crippen molar-refractivity contribution in [1.29, 1.82) is 0 Å². The van der Waals surface area contributed by atoms with Crippen LogP contribution in [0.3, 0.4) is 0 Å². The van der Waals surface area contributed by atoms with Crippen LogP contribution in [0.1, 0.15) is 46.1 Å². The molecule has 0 amide bonds. The summed E-state index contributed by atoms with van der Waals surface area (Å²) in [4.78, 5) is 24.0. The number of phenols is 2. The molecule has 4 atom stereocenters. The van der Waals surface area contributed by atoms with E-state index in [0.29, 0.717) is 12.0 Å². The van der Waals surface area contributed by atoms with Crippen LogP contribution in [0.5, 0.6) is 11.5 Å². The largest absolute Gasteiger partial charge is 0.504 e. The van der Waals surface area contributed by atoms with Crippen LogP contribution >= 0.6 is 0 Å². The summed E-state index contributed by atoms with van der Waals surface area (Å²) in [6.45, 7) is 6.99.